The molecule has 36 heavy (non-hydrogen) atoms. The fourth-order valence-electron chi connectivity index (χ4n) is 5.27. The number of nitrogens with zero attached hydrogens (tertiary/aromatic N) is 2. The van der Waals surface area contributed by atoms with Gasteiger partial charge in [-0.2, -0.15) is 4.31 Å². The first-order chi connectivity index (χ1) is 17.1. The quantitative estimate of drug-likeness (QED) is 0.598. The van der Waals surface area contributed by atoms with Crippen LogP contribution in [0.3, 0.4) is 0 Å². The van der Waals surface area contributed by atoms with Crippen LogP contribution in [0.2, 0.25) is 0 Å². The monoisotopic (exact) mass is 513 g/mol. The second-order valence-electron chi connectivity index (χ2n) is 10.1. The molecule has 2 amide bonds. The Labute approximate surface area is 213 Å². The molecule has 1 N–H and O–H groups in total. The molecule has 0 aliphatic carbocycles. The van der Waals surface area contributed by atoms with Crippen molar-refractivity contribution in [2.45, 2.75) is 50.5 Å². The summed E-state index contributed by atoms with van der Waals surface area (Å²) in [5, 5.41) is 2.85. The van der Waals surface area contributed by atoms with Crippen LogP contribution in [0, 0.1) is 19.3 Å². The van der Waals surface area contributed by atoms with Crippen molar-refractivity contribution in [1.29, 1.82) is 0 Å². The number of nitrogens with one attached hydrogen (secondary N) is 1. The van der Waals surface area contributed by atoms with Crippen LogP contribution in [0.4, 0.5) is 4.79 Å². The van der Waals surface area contributed by atoms with Gasteiger partial charge in [0.2, 0.25) is 10.0 Å². The van der Waals surface area contributed by atoms with Gasteiger partial charge in [-0.15, -0.1) is 0 Å². The van der Waals surface area contributed by atoms with E-state index in [1.807, 2.05) is 56.3 Å². The highest BCUT2D eigenvalue weighted by atomic mass is 32.2. The molecule has 2 aliphatic rings. The van der Waals surface area contributed by atoms with Crippen LogP contribution in [0.5, 0.6) is 0 Å². The lowest BCUT2D eigenvalue weighted by Gasteiger charge is -2.38. The Morgan fingerprint density at radius 1 is 1.03 bits per heavy atom. The third kappa shape index (κ3) is 5.57. The summed E-state index contributed by atoms with van der Waals surface area (Å²) in [6.07, 6.45) is 2.57. The molecule has 1 spiro atoms. The molecular weight excluding hydrogens is 478 g/mol. The largest absolute Gasteiger partial charge is 0.467 e. The van der Waals surface area contributed by atoms with E-state index in [2.05, 4.69) is 5.32 Å². The highest BCUT2D eigenvalue weighted by Gasteiger charge is 2.44. The van der Waals surface area contributed by atoms with E-state index >= 15 is 0 Å². The van der Waals surface area contributed by atoms with Crippen LogP contribution >= 0.6 is 0 Å². The molecule has 0 radical (unpaired) electrons. The summed E-state index contributed by atoms with van der Waals surface area (Å²) in [5.74, 6) is -0.480. The Balaban J connectivity index is 1.37. The van der Waals surface area contributed by atoms with Crippen LogP contribution in [0.25, 0.3) is 0 Å². The van der Waals surface area contributed by atoms with Gasteiger partial charge < -0.3 is 15.0 Å². The third-order valence-electron chi connectivity index (χ3n) is 7.54. The molecular formula is C27H35N3O5S. The molecule has 2 heterocycles. The van der Waals surface area contributed by atoms with Gasteiger partial charge in [-0.3, -0.25) is 0 Å². The van der Waals surface area contributed by atoms with Crippen molar-refractivity contribution in [1.82, 2.24) is 14.5 Å². The fourth-order valence-corrected chi connectivity index (χ4v) is 7.02. The first-order valence-corrected chi connectivity index (χ1v) is 13.8. The third-order valence-corrected chi connectivity index (χ3v) is 9.58. The van der Waals surface area contributed by atoms with E-state index in [9.17, 15) is 18.0 Å². The summed E-state index contributed by atoms with van der Waals surface area (Å²) >= 11 is 0. The van der Waals surface area contributed by atoms with Gasteiger partial charge in [-0.05, 0) is 61.3 Å². The minimum atomic E-state index is -3.56. The molecule has 2 aliphatic heterocycles. The Bertz CT molecular complexity index is 1210. The number of hydrogen-bond acceptors (Lipinski definition) is 5. The molecule has 194 valence electrons. The topological polar surface area (TPSA) is 96.0 Å². The summed E-state index contributed by atoms with van der Waals surface area (Å²) in [7, 11) is -2.24. The Morgan fingerprint density at radius 3 is 2.36 bits per heavy atom. The number of benzene rings is 2. The van der Waals surface area contributed by atoms with Gasteiger partial charge in [0.1, 0.15) is 6.04 Å². The zero-order chi connectivity index (χ0) is 25.9. The van der Waals surface area contributed by atoms with Crippen LogP contribution in [0.1, 0.15) is 36.0 Å². The molecule has 1 unspecified atom stereocenters. The van der Waals surface area contributed by atoms with E-state index in [4.69, 9.17) is 4.74 Å². The van der Waals surface area contributed by atoms with E-state index in [1.165, 1.54) is 7.11 Å². The van der Waals surface area contributed by atoms with E-state index in [0.717, 1.165) is 23.1 Å². The average molecular weight is 514 g/mol. The molecule has 2 saturated heterocycles. The molecule has 8 nitrogen and oxygen atoms in total. The number of urea groups is 1. The predicted molar refractivity (Wildman–Crippen MR) is 137 cm³/mol. The Hall–Kier alpha value is -2.91. The van der Waals surface area contributed by atoms with Crippen LogP contribution in [0.15, 0.2) is 53.4 Å². The number of carbonyl (C=O) groups excluding carboxylic acids is 2. The van der Waals surface area contributed by atoms with Crippen molar-refractivity contribution in [2.75, 3.05) is 33.3 Å². The average Bonchev–Trinajstić information content (AvgIpc) is 3.28. The van der Waals surface area contributed by atoms with E-state index in [0.29, 0.717) is 50.3 Å². The van der Waals surface area contributed by atoms with Crippen molar-refractivity contribution in [3.05, 3.63) is 65.2 Å². The maximum Gasteiger partial charge on any atom is 0.328 e. The summed E-state index contributed by atoms with van der Waals surface area (Å²) < 4.78 is 33.1. The summed E-state index contributed by atoms with van der Waals surface area (Å²) in [4.78, 5) is 27.5. The number of piperidine rings is 1. The number of hydrogen-bond donors (Lipinski definition) is 1. The molecule has 2 fully saturated rings. The number of rotatable bonds is 6. The number of methoxy groups -OCH3 is 1. The van der Waals surface area contributed by atoms with Gasteiger partial charge in [0.05, 0.1) is 12.0 Å². The van der Waals surface area contributed by atoms with E-state index < -0.39 is 22.0 Å². The zero-order valence-corrected chi connectivity index (χ0v) is 22.0. The molecule has 0 saturated carbocycles. The van der Waals surface area contributed by atoms with Crippen molar-refractivity contribution < 1.29 is 22.7 Å². The van der Waals surface area contributed by atoms with Crippen LogP contribution in [-0.2, 0) is 26.0 Å². The SMILES string of the molecule is COC(=O)C(Cc1ccccc1)NC(=O)N1CCC2(CCN(S(=O)(=O)c3cc(C)ccc3C)CC2)C1. The Morgan fingerprint density at radius 2 is 1.69 bits per heavy atom. The van der Waals surface area contributed by atoms with Crippen molar-refractivity contribution in [3.8, 4) is 0 Å². The lowest BCUT2D eigenvalue weighted by atomic mass is 9.78. The van der Waals surface area contributed by atoms with Crippen molar-refractivity contribution in [2.24, 2.45) is 5.41 Å². The van der Waals surface area contributed by atoms with Crippen LogP contribution in [-0.4, -0.2) is 69.0 Å². The predicted octanol–water partition coefficient (Wildman–Crippen LogP) is 3.27. The van der Waals surface area contributed by atoms with Gasteiger partial charge >= 0.3 is 12.0 Å². The molecule has 0 aromatic heterocycles. The second kappa shape index (κ2) is 10.6. The van der Waals surface area contributed by atoms with Crippen LogP contribution < -0.4 is 5.32 Å². The maximum absolute atomic E-state index is 13.3. The summed E-state index contributed by atoms with van der Waals surface area (Å²) in [6.45, 7) is 5.72. The first kappa shape index (κ1) is 26.2. The zero-order valence-electron chi connectivity index (χ0n) is 21.2. The number of likely N-dealkylation sites (tertiary alicyclic amines) is 1. The maximum atomic E-state index is 13.3. The number of aryl methyl sites for hydroxylation is 2. The number of ether oxygens (including phenoxy) is 1. The van der Waals surface area contributed by atoms with Gasteiger partial charge in [0.25, 0.3) is 0 Å². The van der Waals surface area contributed by atoms with Gasteiger partial charge in [-0.1, -0.05) is 42.5 Å². The van der Waals surface area contributed by atoms with E-state index in [-0.39, 0.29) is 11.4 Å². The highest BCUT2D eigenvalue weighted by molar-refractivity contribution is 7.89. The molecule has 0 bridgehead atoms. The minimum Gasteiger partial charge on any atom is -0.467 e. The molecule has 1 atom stereocenters. The van der Waals surface area contributed by atoms with Gasteiger partial charge in [0, 0.05) is 32.6 Å². The minimum absolute atomic E-state index is 0.106. The standard InChI is InChI=1S/C27H35N3O5S/c1-20-9-10-21(2)24(17-20)36(33,34)30-15-12-27(13-16-30)11-14-29(19-27)26(32)28-23(25(31)35-3)18-22-7-5-4-6-8-22/h4-10,17,23H,11-16,18-19H2,1-3H3,(H,28,32). The van der Waals surface area contributed by atoms with E-state index in [1.54, 1.807) is 15.3 Å². The van der Waals surface area contributed by atoms with Gasteiger partial charge in [0.15, 0.2) is 0 Å². The van der Waals surface area contributed by atoms with Crippen molar-refractivity contribution in [3.63, 3.8) is 0 Å². The molecule has 2 aromatic rings. The number of esters is 1. The molecule has 4 rings (SSSR count). The normalized spacial score (nSPS) is 18.7. The number of carbonyl (C=O) groups is 2. The number of sulfonamides is 1. The van der Waals surface area contributed by atoms with Gasteiger partial charge in [-0.25, -0.2) is 18.0 Å². The highest BCUT2D eigenvalue weighted by Crippen LogP contribution is 2.41. The van der Waals surface area contributed by atoms with Crippen molar-refractivity contribution >= 4 is 22.0 Å². The second-order valence-corrected chi connectivity index (χ2v) is 12.0. The number of amides is 2. The first-order valence-electron chi connectivity index (χ1n) is 12.4. The fraction of sp³-hybridized carbons (Fsp3) is 0.481. The molecule has 2 aromatic carbocycles. The molecule has 9 heteroatoms. The lowest BCUT2D eigenvalue weighted by Crippen LogP contribution is -2.50. The smallest absolute Gasteiger partial charge is 0.328 e. The lowest BCUT2D eigenvalue weighted by molar-refractivity contribution is -0.142. The summed E-state index contributed by atoms with van der Waals surface area (Å²) in [6, 6.07) is 13.9. The summed E-state index contributed by atoms with van der Waals surface area (Å²) in [5.41, 5.74) is 2.50. The Kier molecular flexibility index (Phi) is 7.70.